The third-order valence-corrected chi connectivity index (χ3v) is 6.62. The number of halogens is 2. The lowest BCUT2D eigenvalue weighted by atomic mass is 10.1. The van der Waals surface area contributed by atoms with Gasteiger partial charge >= 0.3 is 7.59 Å². The van der Waals surface area contributed by atoms with Crippen molar-refractivity contribution < 1.29 is 9.36 Å². The van der Waals surface area contributed by atoms with Crippen molar-refractivity contribution in [3.63, 3.8) is 0 Å². The Hall–Kier alpha value is -2.72. The molecule has 0 unspecified atom stereocenters. The highest BCUT2D eigenvalue weighted by Crippen LogP contribution is 2.42. The molecule has 1 amide bonds. The van der Waals surface area contributed by atoms with Crippen molar-refractivity contribution in [3.8, 4) is 0 Å². The normalized spacial score (nSPS) is 11.6. The molecule has 0 saturated carbocycles. The zero-order valence-electron chi connectivity index (χ0n) is 15.7. The molecule has 3 N–H and O–H groups in total. The molecule has 0 radical (unpaired) electrons. The van der Waals surface area contributed by atoms with Gasteiger partial charge in [-0.3, -0.25) is 14.4 Å². The van der Waals surface area contributed by atoms with Gasteiger partial charge in [0.05, 0.1) is 0 Å². The Labute approximate surface area is 183 Å². The third-order valence-electron chi connectivity index (χ3n) is 4.54. The SMILES string of the molecule is O=C(NP(=O)(Nc1ccc2ccccc2c1)Nc1ccc2ccccc2c1)C(Cl)Cl. The Balaban J connectivity index is 1.67. The summed E-state index contributed by atoms with van der Waals surface area (Å²) in [6.45, 7) is 0. The first-order valence-electron chi connectivity index (χ1n) is 9.16. The standard InChI is InChI=1S/C22H18Cl2N3O2P/c23-21(24)22(28)27-30(29,25-19-11-9-15-5-1-3-7-17(15)13-19)26-20-12-10-16-6-2-4-8-18(16)14-20/h1-14,21H,(H3,25,26,27,28,29). The Kier molecular flexibility index (Phi) is 5.87. The Morgan fingerprint density at radius 2 is 1.13 bits per heavy atom. The van der Waals surface area contributed by atoms with Crippen LogP contribution in [0.15, 0.2) is 84.9 Å². The largest absolute Gasteiger partial charge is 0.355 e. The zero-order valence-corrected chi connectivity index (χ0v) is 18.1. The number of carbonyl (C=O) groups excluding carboxylic acids is 1. The fourth-order valence-electron chi connectivity index (χ4n) is 3.17. The van der Waals surface area contributed by atoms with E-state index in [1.54, 1.807) is 12.1 Å². The number of anilines is 2. The summed E-state index contributed by atoms with van der Waals surface area (Å²) >= 11 is 11.3. The molecule has 0 spiro atoms. The molecule has 4 rings (SSSR count). The first-order chi connectivity index (χ1) is 14.4. The summed E-state index contributed by atoms with van der Waals surface area (Å²) in [5.74, 6) is -0.761. The molecule has 0 aliphatic heterocycles. The van der Waals surface area contributed by atoms with Crippen LogP contribution in [0, 0.1) is 0 Å². The first kappa shape index (κ1) is 20.5. The van der Waals surface area contributed by atoms with Gasteiger partial charge in [-0.15, -0.1) is 0 Å². The van der Waals surface area contributed by atoms with E-state index in [0.717, 1.165) is 21.5 Å². The number of nitrogens with one attached hydrogen (secondary N) is 3. The molecule has 0 bridgehead atoms. The van der Waals surface area contributed by atoms with Crippen LogP contribution < -0.4 is 15.3 Å². The summed E-state index contributed by atoms with van der Waals surface area (Å²) in [4.78, 5) is 10.8. The molecule has 8 heteroatoms. The molecule has 0 aliphatic carbocycles. The quantitative estimate of drug-likeness (QED) is 0.227. The van der Waals surface area contributed by atoms with E-state index in [1.165, 1.54) is 0 Å². The molecular formula is C22H18Cl2N3O2P. The molecule has 0 heterocycles. The minimum atomic E-state index is -3.70. The average Bonchev–Trinajstić information content (AvgIpc) is 2.73. The molecule has 5 nitrogen and oxygen atoms in total. The van der Waals surface area contributed by atoms with Gasteiger partial charge in [-0.2, -0.15) is 0 Å². The Morgan fingerprint density at radius 1 is 0.700 bits per heavy atom. The van der Waals surface area contributed by atoms with Gasteiger partial charge in [0.25, 0.3) is 5.91 Å². The van der Waals surface area contributed by atoms with Gasteiger partial charge in [-0.1, -0.05) is 83.9 Å². The maximum absolute atomic E-state index is 13.7. The van der Waals surface area contributed by atoms with Crippen LogP contribution in [-0.4, -0.2) is 10.7 Å². The van der Waals surface area contributed by atoms with Gasteiger partial charge < -0.3 is 10.2 Å². The lowest BCUT2D eigenvalue weighted by Gasteiger charge is -2.24. The fraction of sp³-hybridized carbons (Fsp3) is 0.0455. The van der Waals surface area contributed by atoms with Crippen molar-refractivity contribution in [1.29, 1.82) is 0 Å². The van der Waals surface area contributed by atoms with Crippen LogP contribution in [0.3, 0.4) is 0 Å². The van der Waals surface area contributed by atoms with E-state index in [0.29, 0.717) is 11.4 Å². The van der Waals surface area contributed by atoms with Crippen molar-refractivity contribution in [2.45, 2.75) is 4.84 Å². The van der Waals surface area contributed by atoms with E-state index >= 15 is 0 Å². The predicted molar refractivity (Wildman–Crippen MR) is 126 cm³/mol. The average molecular weight is 458 g/mol. The number of carbonyl (C=O) groups is 1. The molecule has 0 saturated heterocycles. The van der Waals surface area contributed by atoms with Gasteiger partial charge in [-0.05, 0) is 45.8 Å². The second-order valence-electron chi connectivity index (χ2n) is 6.73. The number of fused-ring (bicyclic) bond motifs is 2. The smallest absolute Gasteiger partial charge is 0.304 e. The third kappa shape index (κ3) is 4.71. The minimum absolute atomic E-state index is 0.575. The van der Waals surface area contributed by atoms with Crippen LogP contribution in [0.1, 0.15) is 0 Å². The topological polar surface area (TPSA) is 70.2 Å². The van der Waals surface area contributed by atoms with Crippen LogP contribution >= 0.6 is 30.8 Å². The van der Waals surface area contributed by atoms with Gasteiger partial charge in [0, 0.05) is 11.4 Å². The highest BCUT2D eigenvalue weighted by Gasteiger charge is 2.27. The van der Waals surface area contributed by atoms with Crippen LogP contribution in [-0.2, 0) is 9.36 Å². The highest BCUT2D eigenvalue weighted by atomic mass is 35.5. The van der Waals surface area contributed by atoms with Crippen molar-refractivity contribution >= 4 is 69.6 Å². The molecule has 0 atom stereocenters. The van der Waals surface area contributed by atoms with Crippen molar-refractivity contribution in [2.75, 3.05) is 10.2 Å². The summed E-state index contributed by atoms with van der Waals surface area (Å²) in [7, 11) is -3.70. The van der Waals surface area contributed by atoms with Crippen LogP contribution in [0.4, 0.5) is 11.4 Å². The van der Waals surface area contributed by atoms with Crippen molar-refractivity contribution in [1.82, 2.24) is 5.09 Å². The van der Waals surface area contributed by atoms with E-state index in [1.807, 2.05) is 72.8 Å². The van der Waals surface area contributed by atoms with Crippen LogP contribution in [0.5, 0.6) is 0 Å². The maximum atomic E-state index is 13.7. The molecule has 0 aromatic heterocycles. The van der Waals surface area contributed by atoms with Crippen molar-refractivity contribution in [2.24, 2.45) is 0 Å². The summed E-state index contributed by atoms with van der Waals surface area (Å²) in [5.41, 5.74) is 1.15. The molecule has 0 fully saturated rings. The molecule has 0 aliphatic rings. The molecule has 30 heavy (non-hydrogen) atoms. The van der Waals surface area contributed by atoms with E-state index in [2.05, 4.69) is 15.3 Å². The maximum Gasteiger partial charge on any atom is 0.355 e. The summed E-state index contributed by atoms with van der Waals surface area (Å²) in [6, 6.07) is 26.7. The number of rotatable bonds is 6. The number of benzene rings is 4. The van der Waals surface area contributed by atoms with Gasteiger partial charge in [-0.25, -0.2) is 0 Å². The number of alkyl halides is 2. The lowest BCUT2D eigenvalue weighted by molar-refractivity contribution is -0.117. The first-order valence-corrected chi connectivity index (χ1v) is 11.7. The number of hydrogen-bond acceptors (Lipinski definition) is 2. The van der Waals surface area contributed by atoms with Crippen molar-refractivity contribution in [3.05, 3.63) is 84.9 Å². The summed E-state index contributed by atoms with van der Waals surface area (Å²) < 4.78 is 13.7. The van der Waals surface area contributed by atoms with Gasteiger partial charge in [0.2, 0.25) is 0 Å². The highest BCUT2D eigenvalue weighted by molar-refractivity contribution is 7.65. The lowest BCUT2D eigenvalue weighted by Crippen LogP contribution is -2.31. The van der Waals surface area contributed by atoms with E-state index in [-0.39, 0.29) is 0 Å². The predicted octanol–water partition coefficient (Wildman–Crippen LogP) is 6.55. The molecule has 152 valence electrons. The molecule has 4 aromatic rings. The second-order valence-corrected chi connectivity index (χ2v) is 9.72. The second kappa shape index (κ2) is 8.57. The monoisotopic (exact) mass is 457 g/mol. The minimum Gasteiger partial charge on any atom is -0.304 e. The number of amides is 1. The fourth-order valence-corrected chi connectivity index (χ4v) is 5.04. The Morgan fingerprint density at radius 3 is 1.57 bits per heavy atom. The van der Waals surface area contributed by atoms with Crippen LogP contribution in [0.2, 0.25) is 0 Å². The van der Waals surface area contributed by atoms with E-state index in [9.17, 15) is 9.36 Å². The summed E-state index contributed by atoms with van der Waals surface area (Å²) in [5, 5.41) is 12.3. The number of hydrogen-bond donors (Lipinski definition) is 3. The van der Waals surface area contributed by atoms with Crippen LogP contribution in [0.25, 0.3) is 21.5 Å². The molecule has 4 aromatic carbocycles. The van der Waals surface area contributed by atoms with Gasteiger partial charge in [0.1, 0.15) is 0 Å². The molecular weight excluding hydrogens is 440 g/mol. The zero-order chi connectivity index (χ0) is 21.1. The van der Waals surface area contributed by atoms with E-state index < -0.39 is 18.3 Å². The Bertz CT molecular complexity index is 1190. The van der Waals surface area contributed by atoms with Gasteiger partial charge in [0.15, 0.2) is 4.84 Å². The summed E-state index contributed by atoms with van der Waals surface area (Å²) in [6.07, 6.45) is 0. The van der Waals surface area contributed by atoms with E-state index in [4.69, 9.17) is 23.2 Å².